The van der Waals surface area contributed by atoms with Gasteiger partial charge in [-0.2, -0.15) is 0 Å². The number of rotatable bonds is 6. The zero-order chi connectivity index (χ0) is 13.7. The van der Waals surface area contributed by atoms with Crippen molar-refractivity contribution < 1.29 is 9.84 Å². The third-order valence-corrected chi connectivity index (χ3v) is 4.52. The molecule has 102 valence electrons. The Labute approximate surface area is 120 Å². The van der Waals surface area contributed by atoms with Gasteiger partial charge in [0.2, 0.25) is 0 Å². The van der Waals surface area contributed by atoms with E-state index < -0.39 is 6.10 Å². The van der Waals surface area contributed by atoms with Crippen molar-refractivity contribution in [2.45, 2.75) is 24.3 Å². The van der Waals surface area contributed by atoms with Crippen molar-refractivity contribution in [3.8, 4) is 5.75 Å². The number of hydrogen-bond donors (Lipinski definition) is 1. The lowest BCUT2D eigenvalue weighted by Gasteiger charge is -2.13. The standard InChI is InChI=1S/C13H16N2O2S2/c1-9-3-4-10(2)12(5-9)17-6-11(16)7-18-13-15-14-8-19-13/h3-5,8,11,16H,6-7H2,1-2H3. The first-order valence-electron chi connectivity index (χ1n) is 5.92. The molecule has 4 nitrogen and oxygen atoms in total. The summed E-state index contributed by atoms with van der Waals surface area (Å²) in [6.07, 6.45) is -0.520. The molecule has 0 fully saturated rings. The highest BCUT2D eigenvalue weighted by Crippen LogP contribution is 2.21. The van der Waals surface area contributed by atoms with Gasteiger partial charge in [-0.05, 0) is 31.0 Å². The summed E-state index contributed by atoms with van der Waals surface area (Å²) < 4.78 is 6.52. The van der Waals surface area contributed by atoms with Crippen molar-refractivity contribution in [3.05, 3.63) is 34.8 Å². The molecule has 19 heavy (non-hydrogen) atoms. The molecule has 1 heterocycles. The second kappa shape index (κ2) is 6.88. The molecule has 0 bridgehead atoms. The average molecular weight is 296 g/mol. The highest BCUT2D eigenvalue weighted by molar-refractivity contribution is 8.01. The highest BCUT2D eigenvalue weighted by atomic mass is 32.2. The molecule has 1 aromatic carbocycles. The van der Waals surface area contributed by atoms with Gasteiger partial charge in [0.15, 0.2) is 4.34 Å². The van der Waals surface area contributed by atoms with Crippen molar-refractivity contribution in [2.75, 3.05) is 12.4 Å². The van der Waals surface area contributed by atoms with Crippen LogP contribution in [-0.2, 0) is 0 Å². The second-order valence-electron chi connectivity index (χ2n) is 4.25. The first-order valence-corrected chi connectivity index (χ1v) is 7.79. The number of aromatic nitrogens is 2. The van der Waals surface area contributed by atoms with Crippen LogP contribution in [-0.4, -0.2) is 33.8 Å². The number of aryl methyl sites for hydroxylation is 2. The van der Waals surface area contributed by atoms with Crippen molar-refractivity contribution in [2.24, 2.45) is 0 Å². The van der Waals surface area contributed by atoms with Crippen LogP contribution >= 0.6 is 23.1 Å². The fraction of sp³-hybridized carbons (Fsp3) is 0.385. The Morgan fingerprint density at radius 2 is 2.26 bits per heavy atom. The van der Waals surface area contributed by atoms with E-state index in [1.165, 1.54) is 23.1 Å². The fourth-order valence-corrected chi connectivity index (χ4v) is 2.91. The molecule has 0 saturated carbocycles. The maximum absolute atomic E-state index is 9.88. The van der Waals surface area contributed by atoms with Crippen molar-refractivity contribution in [1.29, 1.82) is 0 Å². The van der Waals surface area contributed by atoms with Gasteiger partial charge in [-0.3, -0.25) is 0 Å². The molecule has 2 aromatic rings. The molecule has 0 amide bonds. The first kappa shape index (κ1) is 14.3. The minimum atomic E-state index is -0.520. The molecule has 2 rings (SSSR count). The predicted octanol–water partition coefficient (Wildman–Crippen LogP) is 2.69. The van der Waals surface area contributed by atoms with Crippen LogP contribution in [0.1, 0.15) is 11.1 Å². The Balaban J connectivity index is 1.79. The van der Waals surface area contributed by atoms with Gasteiger partial charge >= 0.3 is 0 Å². The second-order valence-corrected chi connectivity index (χ2v) is 6.35. The van der Waals surface area contributed by atoms with Gasteiger partial charge in [-0.15, -0.1) is 10.2 Å². The summed E-state index contributed by atoms with van der Waals surface area (Å²) in [5.74, 6) is 1.39. The van der Waals surface area contributed by atoms with Crippen molar-refractivity contribution >= 4 is 23.1 Å². The van der Waals surface area contributed by atoms with E-state index in [-0.39, 0.29) is 6.61 Å². The summed E-state index contributed by atoms with van der Waals surface area (Å²) in [5, 5.41) is 17.5. The summed E-state index contributed by atoms with van der Waals surface area (Å²) in [7, 11) is 0. The molecule has 6 heteroatoms. The van der Waals surface area contributed by atoms with E-state index in [1.54, 1.807) is 5.51 Å². The van der Waals surface area contributed by atoms with Gasteiger partial charge in [-0.1, -0.05) is 35.2 Å². The highest BCUT2D eigenvalue weighted by Gasteiger charge is 2.09. The van der Waals surface area contributed by atoms with Gasteiger partial charge < -0.3 is 9.84 Å². The van der Waals surface area contributed by atoms with Gasteiger partial charge in [0.25, 0.3) is 0 Å². The third kappa shape index (κ3) is 4.49. The van der Waals surface area contributed by atoms with Crippen LogP contribution in [0.4, 0.5) is 0 Å². The molecule has 0 saturated heterocycles. The maximum Gasteiger partial charge on any atom is 0.174 e. The predicted molar refractivity (Wildman–Crippen MR) is 78.1 cm³/mol. The fourth-order valence-electron chi connectivity index (χ4n) is 1.49. The van der Waals surface area contributed by atoms with Crippen LogP contribution in [0.5, 0.6) is 5.75 Å². The van der Waals surface area contributed by atoms with Crippen LogP contribution in [0.15, 0.2) is 28.0 Å². The quantitative estimate of drug-likeness (QED) is 0.831. The minimum Gasteiger partial charge on any atom is -0.491 e. The third-order valence-electron chi connectivity index (χ3n) is 2.51. The van der Waals surface area contributed by atoms with Crippen LogP contribution in [0.3, 0.4) is 0 Å². The molecule has 1 unspecified atom stereocenters. The van der Waals surface area contributed by atoms with Gasteiger partial charge in [0.05, 0.1) is 6.10 Å². The molecular formula is C13H16N2O2S2. The normalized spacial score (nSPS) is 12.4. The number of aliphatic hydroxyl groups is 1. The Kier molecular flexibility index (Phi) is 5.18. The maximum atomic E-state index is 9.88. The van der Waals surface area contributed by atoms with E-state index in [4.69, 9.17) is 4.74 Å². The van der Waals surface area contributed by atoms with Crippen molar-refractivity contribution in [3.63, 3.8) is 0 Å². The van der Waals surface area contributed by atoms with Crippen LogP contribution in [0.25, 0.3) is 0 Å². The first-order chi connectivity index (χ1) is 9.15. The van der Waals surface area contributed by atoms with Crippen LogP contribution in [0, 0.1) is 13.8 Å². The molecule has 0 aliphatic rings. The number of aliphatic hydroxyl groups excluding tert-OH is 1. The minimum absolute atomic E-state index is 0.288. The topological polar surface area (TPSA) is 55.2 Å². The van der Waals surface area contributed by atoms with Crippen molar-refractivity contribution in [1.82, 2.24) is 10.2 Å². The Morgan fingerprint density at radius 3 is 3.00 bits per heavy atom. The average Bonchev–Trinajstić information content (AvgIpc) is 2.90. The van der Waals surface area contributed by atoms with E-state index in [0.29, 0.717) is 5.75 Å². The van der Waals surface area contributed by atoms with E-state index in [0.717, 1.165) is 21.2 Å². The van der Waals surface area contributed by atoms with E-state index in [2.05, 4.69) is 10.2 Å². The van der Waals surface area contributed by atoms with Gasteiger partial charge in [0.1, 0.15) is 17.9 Å². The van der Waals surface area contributed by atoms with E-state index in [9.17, 15) is 5.11 Å². The zero-order valence-corrected chi connectivity index (χ0v) is 12.5. The molecule has 1 aromatic heterocycles. The lowest BCUT2D eigenvalue weighted by molar-refractivity contribution is 0.126. The number of nitrogens with zero attached hydrogens (tertiary/aromatic N) is 2. The lowest BCUT2D eigenvalue weighted by atomic mass is 10.1. The lowest BCUT2D eigenvalue weighted by Crippen LogP contribution is -2.20. The summed E-state index contributed by atoms with van der Waals surface area (Å²) in [6.45, 7) is 4.31. The molecule has 0 radical (unpaired) electrons. The Hall–Kier alpha value is -1.11. The number of thioether (sulfide) groups is 1. The Bertz CT molecular complexity index is 517. The Morgan fingerprint density at radius 1 is 1.42 bits per heavy atom. The number of benzene rings is 1. The van der Waals surface area contributed by atoms with E-state index >= 15 is 0 Å². The summed E-state index contributed by atoms with van der Waals surface area (Å²) in [6, 6.07) is 6.05. The monoisotopic (exact) mass is 296 g/mol. The van der Waals surface area contributed by atoms with Gasteiger partial charge in [0, 0.05) is 5.75 Å². The number of hydrogen-bond acceptors (Lipinski definition) is 6. The van der Waals surface area contributed by atoms with E-state index in [1.807, 2.05) is 32.0 Å². The summed E-state index contributed by atoms with van der Waals surface area (Å²) in [4.78, 5) is 0. The largest absolute Gasteiger partial charge is 0.491 e. The zero-order valence-electron chi connectivity index (χ0n) is 10.9. The molecule has 1 N–H and O–H groups in total. The summed E-state index contributed by atoms with van der Waals surface area (Å²) >= 11 is 2.97. The molecule has 0 aliphatic heterocycles. The molecule has 1 atom stereocenters. The molecule has 0 aliphatic carbocycles. The van der Waals surface area contributed by atoms with Gasteiger partial charge in [-0.25, -0.2) is 0 Å². The van der Waals surface area contributed by atoms with Crippen LogP contribution in [0.2, 0.25) is 0 Å². The smallest absolute Gasteiger partial charge is 0.174 e. The molecule has 0 spiro atoms. The summed E-state index contributed by atoms with van der Waals surface area (Å²) in [5.41, 5.74) is 3.91. The van der Waals surface area contributed by atoms with Crippen LogP contribution < -0.4 is 4.74 Å². The molecular weight excluding hydrogens is 280 g/mol. The number of ether oxygens (including phenoxy) is 1. The SMILES string of the molecule is Cc1ccc(C)c(OCC(O)CSc2nncs2)c1.